The zero-order valence-electron chi connectivity index (χ0n) is 9.55. The monoisotopic (exact) mass is 227 g/mol. The SMILES string of the molecule is Cc1cccnc1C(=O)Cc1ccnc(N)c1. The molecule has 0 fully saturated rings. The molecular weight excluding hydrogens is 214 g/mol. The first kappa shape index (κ1) is 11.3. The number of nitrogen functional groups attached to an aromatic ring is 1. The van der Waals surface area contributed by atoms with E-state index in [1.54, 1.807) is 24.5 Å². The smallest absolute Gasteiger partial charge is 0.185 e. The number of aromatic nitrogens is 2. The fourth-order valence-corrected chi connectivity index (χ4v) is 1.65. The number of anilines is 1. The lowest BCUT2D eigenvalue weighted by Crippen LogP contribution is -2.08. The quantitative estimate of drug-likeness (QED) is 0.812. The molecule has 4 nitrogen and oxygen atoms in total. The summed E-state index contributed by atoms with van der Waals surface area (Å²) in [6, 6.07) is 7.18. The van der Waals surface area contributed by atoms with Crippen molar-refractivity contribution in [1.82, 2.24) is 9.97 Å². The summed E-state index contributed by atoms with van der Waals surface area (Å²) < 4.78 is 0. The van der Waals surface area contributed by atoms with Crippen molar-refractivity contribution < 1.29 is 4.79 Å². The second kappa shape index (κ2) is 4.74. The highest BCUT2D eigenvalue weighted by atomic mass is 16.1. The lowest BCUT2D eigenvalue weighted by Gasteiger charge is -2.04. The predicted molar refractivity (Wildman–Crippen MR) is 65.7 cm³/mol. The van der Waals surface area contributed by atoms with Gasteiger partial charge in [0.25, 0.3) is 0 Å². The van der Waals surface area contributed by atoms with Crippen molar-refractivity contribution in [1.29, 1.82) is 0 Å². The Morgan fingerprint density at radius 1 is 1.29 bits per heavy atom. The van der Waals surface area contributed by atoms with Gasteiger partial charge in [-0.25, -0.2) is 4.98 Å². The minimum absolute atomic E-state index is 0.00583. The van der Waals surface area contributed by atoms with Crippen LogP contribution in [0.1, 0.15) is 21.6 Å². The molecule has 0 aliphatic heterocycles. The van der Waals surface area contributed by atoms with Gasteiger partial charge in [-0.2, -0.15) is 0 Å². The van der Waals surface area contributed by atoms with Crippen molar-refractivity contribution in [2.24, 2.45) is 0 Å². The summed E-state index contributed by atoms with van der Waals surface area (Å²) in [6.07, 6.45) is 3.52. The zero-order chi connectivity index (χ0) is 12.3. The van der Waals surface area contributed by atoms with Crippen LogP contribution in [0.2, 0.25) is 0 Å². The third kappa shape index (κ3) is 2.66. The van der Waals surface area contributed by atoms with Gasteiger partial charge in [0, 0.05) is 18.8 Å². The van der Waals surface area contributed by atoms with Gasteiger partial charge in [0.15, 0.2) is 5.78 Å². The van der Waals surface area contributed by atoms with Crippen molar-refractivity contribution in [3.8, 4) is 0 Å². The average molecular weight is 227 g/mol. The maximum absolute atomic E-state index is 12.0. The summed E-state index contributed by atoms with van der Waals surface area (Å²) in [5.74, 6) is 0.418. The number of hydrogen-bond donors (Lipinski definition) is 1. The van der Waals surface area contributed by atoms with E-state index in [1.807, 2.05) is 19.1 Å². The standard InChI is InChI=1S/C13H13N3O/c1-9-3-2-5-16-13(9)11(17)7-10-4-6-15-12(14)8-10/h2-6,8H,7H2,1H3,(H2,14,15). The van der Waals surface area contributed by atoms with Crippen LogP contribution < -0.4 is 5.73 Å². The molecule has 2 rings (SSSR count). The highest BCUT2D eigenvalue weighted by molar-refractivity contribution is 5.96. The number of ketones is 1. The molecule has 0 atom stereocenters. The van der Waals surface area contributed by atoms with E-state index in [0.29, 0.717) is 17.9 Å². The molecule has 0 aliphatic rings. The molecule has 0 radical (unpaired) electrons. The lowest BCUT2D eigenvalue weighted by molar-refractivity contribution is 0.0987. The second-order valence-electron chi connectivity index (χ2n) is 3.86. The van der Waals surface area contributed by atoms with Gasteiger partial charge in [-0.1, -0.05) is 6.07 Å². The molecule has 86 valence electrons. The number of aryl methyl sites for hydroxylation is 1. The van der Waals surface area contributed by atoms with Gasteiger partial charge in [-0.15, -0.1) is 0 Å². The summed E-state index contributed by atoms with van der Waals surface area (Å²) in [4.78, 5) is 20.0. The third-order valence-corrected chi connectivity index (χ3v) is 2.48. The molecule has 0 unspecified atom stereocenters. The van der Waals surface area contributed by atoms with Crippen LogP contribution in [-0.4, -0.2) is 15.8 Å². The molecule has 2 aromatic heterocycles. The lowest BCUT2D eigenvalue weighted by atomic mass is 10.0. The normalized spacial score (nSPS) is 10.2. The number of Topliss-reactive ketones (excluding diaryl/α,β-unsaturated/α-hetero) is 1. The van der Waals surface area contributed by atoms with E-state index in [0.717, 1.165) is 11.1 Å². The Kier molecular flexibility index (Phi) is 3.14. The van der Waals surface area contributed by atoms with Crippen LogP contribution in [0.25, 0.3) is 0 Å². The van der Waals surface area contributed by atoms with Gasteiger partial charge in [0.2, 0.25) is 0 Å². The van der Waals surface area contributed by atoms with Crippen molar-refractivity contribution >= 4 is 11.6 Å². The molecule has 0 aromatic carbocycles. The second-order valence-corrected chi connectivity index (χ2v) is 3.86. The molecule has 0 aliphatic carbocycles. The van der Waals surface area contributed by atoms with Gasteiger partial charge < -0.3 is 5.73 Å². The number of hydrogen-bond acceptors (Lipinski definition) is 4. The van der Waals surface area contributed by atoms with E-state index in [-0.39, 0.29) is 5.78 Å². The average Bonchev–Trinajstić information content (AvgIpc) is 2.29. The van der Waals surface area contributed by atoms with Gasteiger partial charge in [0.05, 0.1) is 0 Å². The van der Waals surface area contributed by atoms with Crippen LogP contribution in [0.3, 0.4) is 0 Å². The summed E-state index contributed by atoms with van der Waals surface area (Å²) in [6.45, 7) is 1.88. The molecule has 17 heavy (non-hydrogen) atoms. The van der Waals surface area contributed by atoms with Crippen LogP contribution in [0.15, 0.2) is 36.7 Å². The van der Waals surface area contributed by atoms with Crippen LogP contribution in [0.4, 0.5) is 5.82 Å². The van der Waals surface area contributed by atoms with E-state index in [4.69, 9.17) is 5.73 Å². The molecule has 2 N–H and O–H groups in total. The number of carbonyl (C=O) groups is 1. The molecule has 2 aromatic rings. The Morgan fingerprint density at radius 3 is 2.82 bits per heavy atom. The van der Waals surface area contributed by atoms with Gasteiger partial charge in [-0.05, 0) is 36.2 Å². The van der Waals surface area contributed by atoms with E-state index in [2.05, 4.69) is 9.97 Å². The third-order valence-electron chi connectivity index (χ3n) is 2.48. The maximum Gasteiger partial charge on any atom is 0.185 e. The fraction of sp³-hybridized carbons (Fsp3) is 0.154. The van der Waals surface area contributed by atoms with E-state index in [9.17, 15) is 4.79 Å². The molecular formula is C13H13N3O. The van der Waals surface area contributed by atoms with Crippen molar-refractivity contribution in [3.05, 3.63) is 53.5 Å². The Hall–Kier alpha value is -2.23. The van der Waals surface area contributed by atoms with Gasteiger partial charge >= 0.3 is 0 Å². The van der Waals surface area contributed by atoms with Crippen molar-refractivity contribution in [2.75, 3.05) is 5.73 Å². The van der Waals surface area contributed by atoms with E-state index < -0.39 is 0 Å². The maximum atomic E-state index is 12.0. The first-order valence-corrected chi connectivity index (χ1v) is 5.32. The fourth-order valence-electron chi connectivity index (χ4n) is 1.65. The highest BCUT2D eigenvalue weighted by Crippen LogP contribution is 2.10. The number of rotatable bonds is 3. The molecule has 4 heteroatoms. The van der Waals surface area contributed by atoms with E-state index in [1.165, 1.54) is 0 Å². The Bertz CT molecular complexity index is 552. The van der Waals surface area contributed by atoms with Crippen LogP contribution in [-0.2, 0) is 6.42 Å². The number of pyridine rings is 2. The summed E-state index contributed by atoms with van der Waals surface area (Å²) in [7, 11) is 0. The number of nitrogens with two attached hydrogens (primary N) is 1. The summed E-state index contributed by atoms with van der Waals surface area (Å²) in [5, 5.41) is 0. The topological polar surface area (TPSA) is 68.9 Å². The number of carbonyl (C=O) groups excluding carboxylic acids is 1. The molecule has 2 heterocycles. The number of nitrogens with zero attached hydrogens (tertiary/aromatic N) is 2. The minimum atomic E-state index is -0.00583. The van der Waals surface area contributed by atoms with Gasteiger partial charge in [0.1, 0.15) is 11.5 Å². The molecule has 0 amide bonds. The van der Waals surface area contributed by atoms with Gasteiger partial charge in [-0.3, -0.25) is 9.78 Å². The summed E-state index contributed by atoms with van der Waals surface area (Å²) >= 11 is 0. The molecule has 0 saturated heterocycles. The molecule has 0 saturated carbocycles. The predicted octanol–water partition coefficient (Wildman–Crippen LogP) is 1.79. The summed E-state index contributed by atoms with van der Waals surface area (Å²) in [5.41, 5.74) is 7.82. The van der Waals surface area contributed by atoms with Crippen LogP contribution in [0, 0.1) is 6.92 Å². The zero-order valence-corrected chi connectivity index (χ0v) is 9.55. The largest absolute Gasteiger partial charge is 0.384 e. The first-order valence-electron chi connectivity index (χ1n) is 5.32. The molecule has 0 bridgehead atoms. The molecule has 0 spiro atoms. The Morgan fingerprint density at radius 2 is 2.12 bits per heavy atom. The van der Waals surface area contributed by atoms with E-state index >= 15 is 0 Å². The van der Waals surface area contributed by atoms with Crippen molar-refractivity contribution in [3.63, 3.8) is 0 Å². The Balaban J connectivity index is 2.20. The minimum Gasteiger partial charge on any atom is -0.384 e. The van der Waals surface area contributed by atoms with Crippen LogP contribution >= 0.6 is 0 Å². The highest BCUT2D eigenvalue weighted by Gasteiger charge is 2.11. The van der Waals surface area contributed by atoms with Crippen LogP contribution in [0.5, 0.6) is 0 Å². The van der Waals surface area contributed by atoms with Crippen molar-refractivity contribution in [2.45, 2.75) is 13.3 Å². The Labute approximate surface area is 99.5 Å². The first-order chi connectivity index (χ1) is 8.16.